The lowest BCUT2D eigenvalue weighted by atomic mass is 9.93. The van der Waals surface area contributed by atoms with E-state index in [2.05, 4.69) is 29.3 Å². The summed E-state index contributed by atoms with van der Waals surface area (Å²) < 4.78 is 0. The third kappa shape index (κ3) is 2.49. The Labute approximate surface area is 114 Å². The molecule has 2 nitrogen and oxygen atoms in total. The average Bonchev–Trinajstić information content (AvgIpc) is 3.05. The van der Waals surface area contributed by atoms with E-state index in [0.717, 1.165) is 5.92 Å². The van der Waals surface area contributed by atoms with Crippen molar-refractivity contribution >= 4 is 11.3 Å². The summed E-state index contributed by atoms with van der Waals surface area (Å²) in [6.07, 6.45) is 6.80. The standard InChI is InChI=1S/C15H24N2S/c1-11(16)13-5-2-3-9-17(13)15(12-7-8-12)14-6-4-10-18-14/h4,6,10-13,15H,2-3,5,7-9,16H2,1H3. The van der Waals surface area contributed by atoms with Crippen LogP contribution in [0.3, 0.4) is 0 Å². The van der Waals surface area contributed by atoms with Gasteiger partial charge in [0.15, 0.2) is 0 Å². The number of likely N-dealkylation sites (tertiary alicyclic amines) is 1. The van der Waals surface area contributed by atoms with E-state index < -0.39 is 0 Å². The van der Waals surface area contributed by atoms with Crippen LogP contribution < -0.4 is 5.73 Å². The van der Waals surface area contributed by atoms with Crippen molar-refractivity contribution in [3.8, 4) is 0 Å². The van der Waals surface area contributed by atoms with E-state index in [1.807, 2.05) is 11.3 Å². The summed E-state index contributed by atoms with van der Waals surface area (Å²) in [4.78, 5) is 4.29. The molecule has 2 aliphatic rings. The lowest BCUT2D eigenvalue weighted by molar-refractivity contribution is 0.0711. The van der Waals surface area contributed by atoms with Gasteiger partial charge in [-0.05, 0) is 56.5 Å². The van der Waals surface area contributed by atoms with Crippen molar-refractivity contribution in [3.05, 3.63) is 22.4 Å². The molecule has 0 bridgehead atoms. The predicted octanol–water partition coefficient (Wildman–Crippen LogP) is 3.40. The normalized spacial score (nSPS) is 29.1. The van der Waals surface area contributed by atoms with Gasteiger partial charge in [-0.2, -0.15) is 0 Å². The number of rotatable bonds is 4. The van der Waals surface area contributed by atoms with Gasteiger partial charge in [0, 0.05) is 23.0 Å². The number of thiophene rings is 1. The maximum atomic E-state index is 6.23. The summed E-state index contributed by atoms with van der Waals surface area (Å²) in [5, 5.41) is 2.22. The third-order valence-electron chi connectivity index (χ3n) is 4.46. The minimum absolute atomic E-state index is 0.298. The highest BCUT2D eigenvalue weighted by atomic mass is 32.1. The fourth-order valence-electron chi connectivity index (χ4n) is 3.43. The molecule has 3 unspecified atom stereocenters. The molecule has 1 aliphatic heterocycles. The molecule has 2 heterocycles. The van der Waals surface area contributed by atoms with Crippen LogP contribution in [0.15, 0.2) is 17.5 Å². The minimum atomic E-state index is 0.298. The molecule has 1 aromatic heterocycles. The van der Waals surface area contributed by atoms with Crippen molar-refractivity contribution in [2.24, 2.45) is 11.7 Å². The van der Waals surface area contributed by atoms with Crippen molar-refractivity contribution in [3.63, 3.8) is 0 Å². The lowest BCUT2D eigenvalue weighted by Gasteiger charge is -2.43. The Balaban J connectivity index is 1.84. The predicted molar refractivity (Wildman–Crippen MR) is 77.8 cm³/mol. The van der Waals surface area contributed by atoms with Crippen molar-refractivity contribution in [1.29, 1.82) is 0 Å². The van der Waals surface area contributed by atoms with Crippen LogP contribution in [0, 0.1) is 5.92 Å². The van der Waals surface area contributed by atoms with Crippen LogP contribution in [0.5, 0.6) is 0 Å². The molecule has 0 amide bonds. The van der Waals surface area contributed by atoms with Gasteiger partial charge in [0.25, 0.3) is 0 Å². The second-order valence-corrected chi connectivity index (χ2v) is 6.94. The van der Waals surface area contributed by atoms with Crippen LogP contribution >= 0.6 is 11.3 Å². The van der Waals surface area contributed by atoms with Crippen LogP contribution in [0.25, 0.3) is 0 Å². The summed E-state index contributed by atoms with van der Waals surface area (Å²) in [5.74, 6) is 0.892. The largest absolute Gasteiger partial charge is 0.327 e. The Morgan fingerprint density at radius 3 is 2.78 bits per heavy atom. The Morgan fingerprint density at radius 2 is 2.17 bits per heavy atom. The van der Waals surface area contributed by atoms with E-state index in [-0.39, 0.29) is 0 Å². The molecule has 3 atom stereocenters. The monoisotopic (exact) mass is 264 g/mol. The van der Waals surface area contributed by atoms with Crippen molar-refractivity contribution in [2.45, 2.75) is 57.2 Å². The summed E-state index contributed by atoms with van der Waals surface area (Å²) >= 11 is 1.92. The SMILES string of the molecule is CC(N)C1CCCCN1C(c1cccs1)C1CC1. The van der Waals surface area contributed by atoms with Gasteiger partial charge in [0.1, 0.15) is 0 Å². The summed E-state index contributed by atoms with van der Waals surface area (Å²) in [7, 11) is 0. The maximum absolute atomic E-state index is 6.23. The zero-order valence-corrected chi connectivity index (χ0v) is 12.0. The highest BCUT2D eigenvalue weighted by Crippen LogP contribution is 2.47. The zero-order chi connectivity index (χ0) is 12.5. The molecule has 2 fully saturated rings. The van der Waals surface area contributed by atoms with E-state index in [4.69, 9.17) is 5.73 Å². The van der Waals surface area contributed by atoms with Gasteiger partial charge in [0.05, 0.1) is 0 Å². The number of hydrogen-bond acceptors (Lipinski definition) is 3. The molecule has 0 radical (unpaired) electrons. The second kappa shape index (κ2) is 5.32. The van der Waals surface area contributed by atoms with Crippen LogP contribution in [0.1, 0.15) is 49.9 Å². The molecule has 0 spiro atoms. The smallest absolute Gasteiger partial charge is 0.0473 e. The van der Waals surface area contributed by atoms with Crippen LogP contribution in [-0.4, -0.2) is 23.5 Å². The van der Waals surface area contributed by atoms with Crippen LogP contribution in [0.2, 0.25) is 0 Å². The second-order valence-electron chi connectivity index (χ2n) is 5.96. The minimum Gasteiger partial charge on any atom is -0.327 e. The van der Waals surface area contributed by atoms with E-state index >= 15 is 0 Å². The Morgan fingerprint density at radius 1 is 1.33 bits per heavy atom. The van der Waals surface area contributed by atoms with Crippen molar-refractivity contribution in [1.82, 2.24) is 4.90 Å². The molecular weight excluding hydrogens is 240 g/mol. The third-order valence-corrected chi connectivity index (χ3v) is 5.40. The van der Waals surface area contributed by atoms with Gasteiger partial charge in [-0.25, -0.2) is 0 Å². The molecule has 2 N–H and O–H groups in total. The Bertz CT molecular complexity index is 370. The average molecular weight is 264 g/mol. The molecule has 1 saturated heterocycles. The van der Waals surface area contributed by atoms with Crippen molar-refractivity contribution in [2.75, 3.05) is 6.54 Å². The van der Waals surface area contributed by atoms with Gasteiger partial charge in [-0.1, -0.05) is 12.5 Å². The van der Waals surface area contributed by atoms with E-state index in [9.17, 15) is 0 Å². The van der Waals surface area contributed by atoms with Crippen LogP contribution in [0.4, 0.5) is 0 Å². The molecule has 1 aromatic rings. The van der Waals surface area contributed by atoms with E-state index in [0.29, 0.717) is 18.1 Å². The quantitative estimate of drug-likeness (QED) is 0.903. The number of nitrogens with zero attached hydrogens (tertiary/aromatic N) is 1. The molecule has 100 valence electrons. The Kier molecular flexibility index (Phi) is 3.73. The molecule has 1 aliphatic carbocycles. The van der Waals surface area contributed by atoms with E-state index in [1.54, 1.807) is 4.88 Å². The summed E-state index contributed by atoms with van der Waals surface area (Å²) in [6.45, 7) is 3.42. The topological polar surface area (TPSA) is 29.3 Å². The number of nitrogens with two attached hydrogens (primary N) is 1. The van der Waals surface area contributed by atoms with Gasteiger partial charge >= 0.3 is 0 Å². The highest BCUT2D eigenvalue weighted by molar-refractivity contribution is 7.10. The van der Waals surface area contributed by atoms with Gasteiger partial charge in [-0.3, -0.25) is 4.90 Å². The van der Waals surface area contributed by atoms with E-state index in [1.165, 1.54) is 38.6 Å². The van der Waals surface area contributed by atoms with Crippen LogP contribution in [-0.2, 0) is 0 Å². The molecule has 1 saturated carbocycles. The molecule has 0 aromatic carbocycles. The number of piperidine rings is 1. The van der Waals surface area contributed by atoms with Gasteiger partial charge < -0.3 is 5.73 Å². The first-order valence-electron chi connectivity index (χ1n) is 7.32. The lowest BCUT2D eigenvalue weighted by Crippen LogP contribution is -2.50. The van der Waals surface area contributed by atoms with Gasteiger partial charge in [0.2, 0.25) is 0 Å². The molecule has 18 heavy (non-hydrogen) atoms. The molecule has 3 rings (SSSR count). The fourth-order valence-corrected chi connectivity index (χ4v) is 4.37. The first-order chi connectivity index (χ1) is 8.77. The van der Waals surface area contributed by atoms with Crippen molar-refractivity contribution < 1.29 is 0 Å². The number of hydrogen-bond donors (Lipinski definition) is 1. The first kappa shape index (κ1) is 12.6. The first-order valence-corrected chi connectivity index (χ1v) is 8.20. The summed E-state index contributed by atoms with van der Waals surface area (Å²) in [6, 6.07) is 6.06. The summed E-state index contributed by atoms with van der Waals surface area (Å²) in [5.41, 5.74) is 6.23. The Hall–Kier alpha value is -0.380. The fraction of sp³-hybridized carbons (Fsp3) is 0.733. The molecular formula is C15H24N2S. The maximum Gasteiger partial charge on any atom is 0.0473 e. The highest BCUT2D eigenvalue weighted by Gasteiger charge is 2.41. The van der Waals surface area contributed by atoms with Gasteiger partial charge in [-0.15, -0.1) is 11.3 Å². The molecule has 3 heteroatoms. The zero-order valence-electron chi connectivity index (χ0n) is 11.2.